The zero-order chi connectivity index (χ0) is 14.0. The molecule has 5 nitrogen and oxygen atoms in total. The van der Waals surface area contributed by atoms with Crippen LogP contribution in [0.15, 0.2) is 16.3 Å². The lowest BCUT2D eigenvalue weighted by Gasteiger charge is -2.34. The van der Waals surface area contributed by atoms with Crippen molar-refractivity contribution < 1.29 is 18.3 Å². The van der Waals surface area contributed by atoms with Crippen LogP contribution in [0.4, 0.5) is 0 Å². The second kappa shape index (κ2) is 5.88. The topological polar surface area (TPSA) is 66.8 Å². The standard InChI is InChI=1S/C12H19NO4S2/c1-9-7-13(8-10(2)17-9)19(15,16)12-4-3-11(18-12)5-6-14/h3-4,9-10,14H,5-8H2,1-2H3/t9-,10+. The largest absolute Gasteiger partial charge is 0.396 e. The molecule has 1 saturated heterocycles. The molecule has 7 heteroatoms. The Morgan fingerprint density at radius 1 is 1.37 bits per heavy atom. The van der Waals surface area contributed by atoms with E-state index in [4.69, 9.17) is 9.84 Å². The van der Waals surface area contributed by atoms with Crippen LogP contribution in [0.5, 0.6) is 0 Å². The predicted molar refractivity (Wildman–Crippen MR) is 73.9 cm³/mol. The Morgan fingerprint density at radius 2 is 2.00 bits per heavy atom. The van der Waals surface area contributed by atoms with Crippen LogP contribution >= 0.6 is 11.3 Å². The molecule has 0 spiro atoms. The van der Waals surface area contributed by atoms with Gasteiger partial charge in [-0.25, -0.2) is 8.42 Å². The third kappa shape index (κ3) is 3.35. The molecular weight excluding hydrogens is 286 g/mol. The molecule has 2 rings (SSSR count). The molecule has 1 N–H and O–H groups in total. The number of thiophene rings is 1. The maximum absolute atomic E-state index is 12.5. The van der Waals surface area contributed by atoms with E-state index >= 15 is 0 Å². The molecule has 0 bridgehead atoms. The second-order valence-electron chi connectivity index (χ2n) is 4.77. The Morgan fingerprint density at radius 3 is 2.58 bits per heavy atom. The van der Waals surface area contributed by atoms with Crippen LogP contribution in [0.25, 0.3) is 0 Å². The van der Waals surface area contributed by atoms with Crippen molar-refractivity contribution in [2.75, 3.05) is 19.7 Å². The van der Waals surface area contributed by atoms with E-state index < -0.39 is 10.0 Å². The minimum atomic E-state index is -3.44. The van der Waals surface area contributed by atoms with Crippen molar-refractivity contribution in [1.29, 1.82) is 0 Å². The highest BCUT2D eigenvalue weighted by atomic mass is 32.2. The van der Waals surface area contributed by atoms with Crippen molar-refractivity contribution in [2.45, 2.75) is 36.7 Å². The van der Waals surface area contributed by atoms with Crippen LogP contribution in [0.2, 0.25) is 0 Å². The number of sulfonamides is 1. The van der Waals surface area contributed by atoms with Crippen LogP contribution < -0.4 is 0 Å². The van der Waals surface area contributed by atoms with Gasteiger partial charge in [-0.3, -0.25) is 0 Å². The number of hydrogen-bond donors (Lipinski definition) is 1. The molecule has 0 amide bonds. The monoisotopic (exact) mass is 305 g/mol. The summed E-state index contributed by atoms with van der Waals surface area (Å²) >= 11 is 1.23. The van der Waals surface area contributed by atoms with E-state index in [1.807, 2.05) is 13.8 Å². The third-order valence-electron chi connectivity index (χ3n) is 2.98. The molecule has 19 heavy (non-hydrogen) atoms. The Kier molecular flexibility index (Phi) is 4.62. The average Bonchev–Trinajstić information content (AvgIpc) is 2.77. The lowest BCUT2D eigenvalue weighted by Crippen LogP contribution is -2.47. The first-order valence-electron chi connectivity index (χ1n) is 6.28. The van der Waals surface area contributed by atoms with E-state index in [0.717, 1.165) is 4.88 Å². The highest BCUT2D eigenvalue weighted by Crippen LogP contribution is 2.27. The maximum Gasteiger partial charge on any atom is 0.252 e. The summed E-state index contributed by atoms with van der Waals surface area (Å²) in [6.07, 6.45) is 0.321. The number of morpholine rings is 1. The van der Waals surface area contributed by atoms with Crippen molar-refractivity contribution >= 4 is 21.4 Å². The fourth-order valence-corrected chi connectivity index (χ4v) is 5.28. The van der Waals surface area contributed by atoms with Crippen LogP contribution in [0.3, 0.4) is 0 Å². The van der Waals surface area contributed by atoms with Gasteiger partial charge >= 0.3 is 0 Å². The minimum absolute atomic E-state index is 0.0334. The SMILES string of the molecule is C[C@@H]1CN(S(=O)(=O)c2ccc(CCO)s2)C[C@H](C)O1. The summed E-state index contributed by atoms with van der Waals surface area (Å²) in [7, 11) is -3.44. The molecule has 0 aromatic carbocycles. The molecule has 1 aromatic heterocycles. The molecule has 0 unspecified atom stereocenters. The Bertz CT molecular complexity index is 516. The Balaban J connectivity index is 2.20. The van der Waals surface area contributed by atoms with E-state index in [0.29, 0.717) is 23.7 Å². The van der Waals surface area contributed by atoms with E-state index in [9.17, 15) is 8.42 Å². The molecule has 1 aliphatic heterocycles. The summed E-state index contributed by atoms with van der Waals surface area (Å²) in [6, 6.07) is 3.39. The number of ether oxygens (including phenoxy) is 1. The summed E-state index contributed by atoms with van der Waals surface area (Å²) in [5, 5.41) is 8.88. The number of aliphatic hydroxyl groups is 1. The number of nitrogens with zero attached hydrogens (tertiary/aromatic N) is 1. The first-order chi connectivity index (χ1) is 8.93. The number of hydrogen-bond acceptors (Lipinski definition) is 5. The van der Waals surface area contributed by atoms with Gasteiger partial charge in [-0.1, -0.05) is 0 Å². The smallest absolute Gasteiger partial charge is 0.252 e. The van der Waals surface area contributed by atoms with E-state index in [2.05, 4.69) is 0 Å². The normalized spacial score (nSPS) is 25.6. The van der Waals surface area contributed by atoms with Gasteiger partial charge in [-0.2, -0.15) is 4.31 Å². The first-order valence-corrected chi connectivity index (χ1v) is 8.54. The highest BCUT2D eigenvalue weighted by Gasteiger charge is 2.32. The summed E-state index contributed by atoms with van der Waals surface area (Å²) in [5.74, 6) is 0. The summed E-state index contributed by atoms with van der Waals surface area (Å²) in [6.45, 7) is 4.57. The van der Waals surface area contributed by atoms with Crippen LogP contribution in [-0.4, -0.2) is 49.7 Å². The van der Waals surface area contributed by atoms with Crippen LogP contribution in [-0.2, 0) is 21.2 Å². The number of rotatable bonds is 4. The number of aliphatic hydroxyl groups excluding tert-OH is 1. The van der Waals surface area contributed by atoms with E-state index in [1.54, 1.807) is 12.1 Å². The second-order valence-corrected chi connectivity index (χ2v) is 8.11. The lowest BCUT2D eigenvalue weighted by molar-refractivity contribution is -0.0440. The molecule has 108 valence electrons. The van der Waals surface area contributed by atoms with Gasteiger partial charge in [0.2, 0.25) is 0 Å². The Labute approximate surface area is 117 Å². The van der Waals surface area contributed by atoms with Gasteiger partial charge in [0.15, 0.2) is 0 Å². The quantitative estimate of drug-likeness (QED) is 0.904. The maximum atomic E-state index is 12.5. The van der Waals surface area contributed by atoms with Crippen molar-refractivity contribution in [1.82, 2.24) is 4.31 Å². The lowest BCUT2D eigenvalue weighted by atomic mass is 10.3. The molecule has 0 radical (unpaired) electrons. The van der Waals surface area contributed by atoms with Gasteiger partial charge in [0.1, 0.15) is 4.21 Å². The molecule has 1 fully saturated rings. The van der Waals surface area contributed by atoms with E-state index in [1.165, 1.54) is 15.6 Å². The zero-order valence-corrected chi connectivity index (χ0v) is 12.7. The first kappa shape index (κ1) is 14.9. The molecule has 1 aliphatic rings. The van der Waals surface area contributed by atoms with Gasteiger partial charge < -0.3 is 9.84 Å². The zero-order valence-electron chi connectivity index (χ0n) is 11.1. The van der Waals surface area contributed by atoms with Gasteiger partial charge in [0.05, 0.1) is 12.2 Å². The van der Waals surface area contributed by atoms with E-state index in [-0.39, 0.29) is 18.8 Å². The fourth-order valence-electron chi connectivity index (χ4n) is 2.20. The van der Waals surface area contributed by atoms with Crippen molar-refractivity contribution in [3.63, 3.8) is 0 Å². The molecular formula is C12H19NO4S2. The van der Waals surface area contributed by atoms with Crippen molar-refractivity contribution in [3.8, 4) is 0 Å². The van der Waals surface area contributed by atoms with Crippen LogP contribution in [0.1, 0.15) is 18.7 Å². The Hall–Kier alpha value is -0.470. The minimum Gasteiger partial charge on any atom is -0.396 e. The predicted octanol–water partition coefficient (Wildman–Crippen LogP) is 1.08. The molecule has 2 heterocycles. The van der Waals surface area contributed by atoms with Crippen LogP contribution in [0, 0.1) is 0 Å². The summed E-state index contributed by atoms with van der Waals surface area (Å²) < 4.78 is 32.4. The molecule has 1 aromatic rings. The molecule has 0 saturated carbocycles. The molecule has 0 aliphatic carbocycles. The molecule has 2 atom stereocenters. The third-order valence-corrected chi connectivity index (χ3v) is 6.42. The van der Waals surface area contributed by atoms with Gasteiger partial charge in [-0.15, -0.1) is 11.3 Å². The van der Waals surface area contributed by atoms with Crippen molar-refractivity contribution in [2.24, 2.45) is 0 Å². The van der Waals surface area contributed by atoms with Gasteiger partial charge in [0, 0.05) is 31.0 Å². The van der Waals surface area contributed by atoms with Gasteiger partial charge in [-0.05, 0) is 26.0 Å². The highest BCUT2D eigenvalue weighted by molar-refractivity contribution is 7.91. The summed E-state index contributed by atoms with van der Waals surface area (Å²) in [4.78, 5) is 0.885. The summed E-state index contributed by atoms with van der Waals surface area (Å²) in [5.41, 5.74) is 0. The van der Waals surface area contributed by atoms with Crippen molar-refractivity contribution in [3.05, 3.63) is 17.0 Å². The van der Waals surface area contributed by atoms with Gasteiger partial charge in [0.25, 0.3) is 10.0 Å². The average molecular weight is 305 g/mol. The fraction of sp³-hybridized carbons (Fsp3) is 0.667.